The summed E-state index contributed by atoms with van der Waals surface area (Å²) in [7, 11) is -4.03. The standard InChI is InChI=1S/C18H19BrClNO3S/c1-12-5-4-6-15(11-12)14(3)21(18(22)13(2)19)25(23,24)17-9-7-16(20)8-10-17/h4-11,13-14H,1-3H3/t13?,14-/m1/s1. The minimum absolute atomic E-state index is 0.0258. The molecule has 0 aliphatic carbocycles. The molecule has 134 valence electrons. The summed E-state index contributed by atoms with van der Waals surface area (Å²) < 4.78 is 27.2. The number of hydrogen-bond acceptors (Lipinski definition) is 3. The van der Waals surface area contributed by atoms with Crippen molar-refractivity contribution >= 4 is 43.5 Å². The van der Waals surface area contributed by atoms with Crippen LogP contribution in [0.15, 0.2) is 53.4 Å². The molecule has 0 radical (unpaired) electrons. The molecule has 0 saturated heterocycles. The molecule has 4 nitrogen and oxygen atoms in total. The van der Waals surface area contributed by atoms with Crippen molar-refractivity contribution < 1.29 is 13.2 Å². The molecule has 0 spiro atoms. The second-order valence-electron chi connectivity index (χ2n) is 5.80. The highest BCUT2D eigenvalue weighted by Gasteiger charge is 2.36. The van der Waals surface area contributed by atoms with Gasteiger partial charge in [-0.05, 0) is 50.6 Å². The van der Waals surface area contributed by atoms with Crippen molar-refractivity contribution in [3.05, 3.63) is 64.7 Å². The monoisotopic (exact) mass is 443 g/mol. The molecular weight excluding hydrogens is 426 g/mol. The van der Waals surface area contributed by atoms with E-state index in [1.807, 2.05) is 31.2 Å². The lowest BCUT2D eigenvalue weighted by atomic mass is 10.1. The van der Waals surface area contributed by atoms with Crippen molar-refractivity contribution in [1.82, 2.24) is 4.31 Å². The van der Waals surface area contributed by atoms with Crippen molar-refractivity contribution in [2.45, 2.75) is 36.5 Å². The Morgan fingerprint density at radius 3 is 2.24 bits per heavy atom. The van der Waals surface area contributed by atoms with Crippen LogP contribution in [-0.4, -0.2) is 23.5 Å². The van der Waals surface area contributed by atoms with Gasteiger partial charge in [-0.15, -0.1) is 0 Å². The number of sulfonamides is 1. The number of carbonyl (C=O) groups excluding carboxylic acids is 1. The van der Waals surface area contributed by atoms with Gasteiger partial charge in [0.1, 0.15) is 0 Å². The van der Waals surface area contributed by atoms with E-state index in [1.54, 1.807) is 13.8 Å². The van der Waals surface area contributed by atoms with Crippen LogP contribution >= 0.6 is 27.5 Å². The number of alkyl halides is 1. The number of carbonyl (C=O) groups is 1. The van der Waals surface area contributed by atoms with Gasteiger partial charge >= 0.3 is 0 Å². The lowest BCUT2D eigenvalue weighted by molar-refractivity contribution is -0.126. The maximum absolute atomic E-state index is 13.1. The number of amides is 1. The highest BCUT2D eigenvalue weighted by Crippen LogP contribution is 2.30. The maximum atomic E-state index is 13.1. The van der Waals surface area contributed by atoms with E-state index in [2.05, 4.69) is 15.9 Å². The summed E-state index contributed by atoms with van der Waals surface area (Å²) in [5, 5.41) is 0.428. The number of aryl methyl sites for hydroxylation is 1. The average molecular weight is 445 g/mol. The van der Waals surface area contributed by atoms with E-state index in [0.717, 1.165) is 15.4 Å². The molecule has 0 aliphatic rings. The predicted octanol–water partition coefficient (Wildman–Crippen LogP) is 4.71. The molecule has 0 heterocycles. The predicted molar refractivity (Wildman–Crippen MR) is 103 cm³/mol. The molecule has 2 aromatic carbocycles. The topological polar surface area (TPSA) is 54.5 Å². The molecule has 25 heavy (non-hydrogen) atoms. The third-order valence-electron chi connectivity index (χ3n) is 3.80. The number of halogens is 2. The second-order valence-corrected chi connectivity index (χ2v) is 9.42. The SMILES string of the molecule is Cc1cccc([C@@H](C)N(C(=O)C(C)Br)S(=O)(=O)c2ccc(Cl)cc2)c1. The molecule has 7 heteroatoms. The highest BCUT2D eigenvalue weighted by molar-refractivity contribution is 9.10. The Balaban J connectivity index is 2.56. The van der Waals surface area contributed by atoms with Crippen molar-refractivity contribution in [3.8, 4) is 0 Å². The molecule has 2 rings (SSSR count). The molecule has 2 aromatic rings. The van der Waals surface area contributed by atoms with Crippen LogP contribution in [0.1, 0.15) is 31.0 Å². The van der Waals surface area contributed by atoms with Gasteiger partial charge in [0.15, 0.2) is 0 Å². The van der Waals surface area contributed by atoms with Gasteiger partial charge in [0.05, 0.1) is 15.8 Å². The van der Waals surface area contributed by atoms with Crippen molar-refractivity contribution in [1.29, 1.82) is 0 Å². The van der Waals surface area contributed by atoms with Gasteiger partial charge in [0.25, 0.3) is 10.0 Å². The fourth-order valence-electron chi connectivity index (χ4n) is 2.48. The van der Waals surface area contributed by atoms with Gasteiger partial charge < -0.3 is 0 Å². The lowest BCUT2D eigenvalue weighted by Gasteiger charge is -2.30. The normalized spacial score (nSPS) is 14.0. The Labute approximate surface area is 162 Å². The van der Waals surface area contributed by atoms with E-state index in [0.29, 0.717) is 5.02 Å². The third kappa shape index (κ3) is 4.43. The van der Waals surface area contributed by atoms with Crippen molar-refractivity contribution in [2.75, 3.05) is 0 Å². The third-order valence-corrected chi connectivity index (χ3v) is 6.33. The minimum Gasteiger partial charge on any atom is -0.272 e. The summed E-state index contributed by atoms with van der Waals surface area (Å²) in [6.07, 6.45) is 0. The molecule has 0 N–H and O–H groups in total. The minimum atomic E-state index is -4.03. The van der Waals surface area contributed by atoms with Crippen molar-refractivity contribution in [3.63, 3.8) is 0 Å². The first kappa shape index (κ1) is 19.9. The van der Waals surface area contributed by atoms with Gasteiger partial charge in [0.2, 0.25) is 5.91 Å². The molecule has 0 aromatic heterocycles. The Bertz CT molecular complexity index is 866. The quantitative estimate of drug-likeness (QED) is 0.628. The van der Waals surface area contributed by atoms with Gasteiger partial charge in [-0.25, -0.2) is 12.7 Å². The average Bonchev–Trinajstić information content (AvgIpc) is 2.55. The van der Waals surface area contributed by atoms with Crippen LogP contribution in [0.5, 0.6) is 0 Å². The number of hydrogen-bond donors (Lipinski definition) is 0. The largest absolute Gasteiger partial charge is 0.272 e. The van der Waals surface area contributed by atoms with Crippen LogP contribution in [0.3, 0.4) is 0 Å². The van der Waals surface area contributed by atoms with E-state index in [-0.39, 0.29) is 4.90 Å². The van der Waals surface area contributed by atoms with Crippen LogP contribution in [0, 0.1) is 6.92 Å². The zero-order valence-electron chi connectivity index (χ0n) is 14.1. The van der Waals surface area contributed by atoms with E-state index in [9.17, 15) is 13.2 Å². The van der Waals surface area contributed by atoms with Gasteiger partial charge in [0, 0.05) is 5.02 Å². The zero-order chi connectivity index (χ0) is 18.8. The van der Waals surface area contributed by atoms with E-state index in [1.165, 1.54) is 24.3 Å². The molecule has 1 unspecified atom stereocenters. The lowest BCUT2D eigenvalue weighted by Crippen LogP contribution is -2.42. The Morgan fingerprint density at radius 2 is 1.72 bits per heavy atom. The van der Waals surface area contributed by atoms with E-state index < -0.39 is 26.8 Å². The summed E-state index contributed by atoms with van der Waals surface area (Å²) in [4.78, 5) is 12.1. The summed E-state index contributed by atoms with van der Waals surface area (Å²) in [6, 6.07) is 12.6. The number of benzene rings is 2. The van der Waals surface area contributed by atoms with Crippen molar-refractivity contribution in [2.24, 2.45) is 0 Å². The maximum Gasteiger partial charge on any atom is 0.267 e. The fraction of sp³-hybridized carbons (Fsp3) is 0.278. The van der Waals surface area contributed by atoms with Crippen LogP contribution in [-0.2, 0) is 14.8 Å². The first-order chi connectivity index (χ1) is 11.6. The Morgan fingerprint density at radius 1 is 1.12 bits per heavy atom. The van der Waals surface area contributed by atoms with Gasteiger partial charge in [-0.3, -0.25) is 4.79 Å². The van der Waals surface area contributed by atoms with Crippen LogP contribution < -0.4 is 0 Å². The summed E-state index contributed by atoms with van der Waals surface area (Å²) >= 11 is 9.04. The summed E-state index contributed by atoms with van der Waals surface area (Å²) in [6.45, 7) is 5.23. The van der Waals surface area contributed by atoms with Crippen LogP contribution in [0.25, 0.3) is 0 Å². The van der Waals surface area contributed by atoms with E-state index in [4.69, 9.17) is 11.6 Å². The summed E-state index contributed by atoms with van der Waals surface area (Å²) in [5.74, 6) is -0.524. The first-order valence-electron chi connectivity index (χ1n) is 7.69. The first-order valence-corrected chi connectivity index (χ1v) is 10.4. The zero-order valence-corrected chi connectivity index (χ0v) is 17.3. The smallest absolute Gasteiger partial charge is 0.267 e. The molecular formula is C18H19BrClNO3S. The van der Waals surface area contributed by atoms with E-state index >= 15 is 0 Å². The summed E-state index contributed by atoms with van der Waals surface area (Å²) in [5.41, 5.74) is 1.74. The fourth-order valence-corrected chi connectivity index (χ4v) is 4.60. The molecule has 2 atom stereocenters. The Kier molecular flexibility index (Phi) is 6.30. The number of rotatable bonds is 5. The Hall–Kier alpha value is -1.37. The van der Waals surface area contributed by atoms with Gasteiger partial charge in [-0.2, -0.15) is 0 Å². The molecule has 0 saturated carbocycles. The molecule has 1 amide bonds. The molecule has 0 aliphatic heterocycles. The van der Waals surface area contributed by atoms with Gasteiger partial charge in [-0.1, -0.05) is 57.4 Å². The van der Waals surface area contributed by atoms with Crippen LogP contribution in [0.4, 0.5) is 0 Å². The molecule has 0 bridgehead atoms. The molecule has 0 fully saturated rings. The van der Waals surface area contributed by atoms with Crippen LogP contribution in [0.2, 0.25) is 5.02 Å². The number of nitrogens with zero attached hydrogens (tertiary/aromatic N) is 1. The second kappa shape index (κ2) is 7.89. The highest BCUT2D eigenvalue weighted by atomic mass is 79.9.